The molecule has 0 spiro atoms. The zero-order chi connectivity index (χ0) is 17.1. The summed E-state index contributed by atoms with van der Waals surface area (Å²) >= 11 is 0. The average Bonchev–Trinajstić information content (AvgIpc) is 2.70. The Bertz CT molecular complexity index is 1000. The first-order chi connectivity index (χ1) is 12.3. The van der Waals surface area contributed by atoms with Crippen LogP contribution in [0.15, 0.2) is 85.3 Å². The molecule has 0 aliphatic carbocycles. The van der Waals surface area contributed by atoms with Crippen molar-refractivity contribution in [2.24, 2.45) is 0 Å². The molecule has 0 saturated carbocycles. The summed E-state index contributed by atoms with van der Waals surface area (Å²) in [5, 5.41) is 10.2. The predicted octanol–water partition coefficient (Wildman–Crippen LogP) is 4.58. The zero-order valence-corrected chi connectivity index (χ0v) is 13.4. The van der Waals surface area contributed by atoms with Gasteiger partial charge in [0.1, 0.15) is 5.75 Å². The third-order valence-electron chi connectivity index (χ3n) is 3.96. The molecule has 3 heterocycles. The van der Waals surface area contributed by atoms with E-state index in [0.29, 0.717) is 5.56 Å². The van der Waals surface area contributed by atoms with Crippen LogP contribution in [0.4, 0.5) is 0 Å². The van der Waals surface area contributed by atoms with Gasteiger partial charge >= 0.3 is 0 Å². The molecule has 4 rings (SSSR count). The summed E-state index contributed by atoms with van der Waals surface area (Å²) in [4.78, 5) is 13.1. The normalized spacial score (nSPS) is 10.6. The van der Waals surface area contributed by atoms with E-state index in [9.17, 15) is 5.11 Å². The number of hydrogen-bond donors (Lipinski definition) is 1. The van der Waals surface area contributed by atoms with Crippen molar-refractivity contribution in [1.82, 2.24) is 15.0 Å². The van der Waals surface area contributed by atoms with Crippen LogP contribution in [0.1, 0.15) is 0 Å². The summed E-state index contributed by atoms with van der Waals surface area (Å²) in [6.07, 6.45) is 5.24. The highest BCUT2D eigenvalue weighted by Crippen LogP contribution is 2.33. The molecule has 0 unspecified atom stereocenters. The Morgan fingerprint density at radius 2 is 1.24 bits per heavy atom. The Morgan fingerprint density at radius 3 is 1.96 bits per heavy atom. The molecular formula is C21H15N3O. The van der Waals surface area contributed by atoms with Gasteiger partial charge in [0.25, 0.3) is 0 Å². The van der Waals surface area contributed by atoms with E-state index < -0.39 is 0 Å². The lowest BCUT2D eigenvalue weighted by Gasteiger charge is -2.09. The van der Waals surface area contributed by atoms with Gasteiger partial charge in [-0.2, -0.15) is 0 Å². The van der Waals surface area contributed by atoms with E-state index in [1.165, 1.54) is 0 Å². The molecule has 0 atom stereocenters. The molecular weight excluding hydrogens is 310 g/mol. The molecule has 0 saturated heterocycles. The topological polar surface area (TPSA) is 58.9 Å². The van der Waals surface area contributed by atoms with Crippen LogP contribution in [0.2, 0.25) is 0 Å². The summed E-state index contributed by atoms with van der Waals surface area (Å²) < 4.78 is 0. The maximum Gasteiger partial charge on any atom is 0.125 e. The summed E-state index contributed by atoms with van der Waals surface area (Å²) in [7, 11) is 0. The van der Waals surface area contributed by atoms with Crippen molar-refractivity contribution in [3.05, 3.63) is 85.3 Å². The highest BCUT2D eigenvalue weighted by molar-refractivity contribution is 5.77. The molecule has 120 valence electrons. The Balaban J connectivity index is 1.78. The third-order valence-corrected chi connectivity index (χ3v) is 3.96. The molecule has 0 aliphatic heterocycles. The molecule has 25 heavy (non-hydrogen) atoms. The first-order valence-corrected chi connectivity index (χ1v) is 7.93. The van der Waals surface area contributed by atoms with Gasteiger partial charge in [0.15, 0.2) is 0 Å². The number of pyridine rings is 3. The number of nitrogens with zero attached hydrogens (tertiary/aromatic N) is 3. The Hall–Kier alpha value is -3.53. The van der Waals surface area contributed by atoms with E-state index in [2.05, 4.69) is 15.0 Å². The van der Waals surface area contributed by atoms with E-state index in [0.717, 1.165) is 28.2 Å². The van der Waals surface area contributed by atoms with Gasteiger partial charge in [-0.1, -0.05) is 18.2 Å². The quantitative estimate of drug-likeness (QED) is 0.599. The molecule has 4 nitrogen and oxygen atoms in total. The van der Waals surface area contributed by atoms with Crippen LogP contribution in [-0.2, 0) is 0 Å². The maximum absolute atomic E-state index is 10.2. The highest BCUT2D eigenvalue weighted by atomic mass is 16.3. The van der Waals surface area contributed by atoms with E-state index in [1.54, 1.807) is 24.7 Å². The summed E-state index contributed by atoms with van der Waals surface area (Å²) in [6.45, 7) is 0. The van der Waals surface area contributed by atoms with Gasteiger partial charge in [-0.25, -0.2) is 0 Å². The molecule has 4 heteroatoms. The summed E-state index contributed by atoms with van der Waals surface area (Å²) in [5.41, 5.74) is 5.07. The van der Waals surface area contributed by atoms with Crippen LogP contribution in [-0.4, -0.2) is 20.1 Å². The second kappa shape index (κ2) is 6.53. The Morgan fingerprint density at radius 1 is 0.560 bits per heavy atom. The smallest absolute Gasteiger partial charge is 0.125 e. The van der Waals surface area contributed by atoms with Crippen LogP contribution in [0.5, 0.6) is 5.75 Å². The van der Waals surface area contributed by atoms with Gasteiger partial charge in [-0.15, -0.1) is 0 Å². The minimum Gasteiger partial charge on any atom is -0.507 e. The number of aromatic nitrogens is 3. The van der Waals surface area contributed by atoms with Crippen molar-refractivity contribution >= 4 is 0 Å². The molecule has 0 amide bonds. The number of rotatable bonds is 3. The fraction of sp³-hybridized carbons (Fsp3) is 0. The minimum absolute atomic E-state index is 0.210. The lowest BCUT2D eigenvalue weighted by Crippen LogP contribution is -1.89. The zero-order valence-electron chi connectivity index (χ0n) is 13.4. The molecule has 4 aromatic rings. The van der Waals surface area contributed by atoms with Crippen molar-refractivity contribution in [3.63, 3.8) is 0 Å². The molecule has 0 aliphatic rings. The SMILES string of the molecule is Oc1ccc(-c2ccnc(-c3ccccn3)c2)cc1-c1ccccn1. The number of hydrogen-bond acceptors (Lipinski definition) is 4. The lowest BCUT2D eigenvalue weighted by molar-refractivity contribution is 0.477. The molecule has 1 N–H and O–H groups in total. The molecule has 1 aromatic carbocycles. The van der Waals surface area contributed by atoms with E-state index in [4.69, 9.17) is 0 Å². The van der Waals surface area contributed by atoms with Gasteiger partial charge in [0, 0.05) is 24.2 Å². The van der Waals surface area contributed by atoms with Gasteiger partial charge < -0.3 is 5.11 Å². The first kappa shape index (κ1) is 15.0. The average molecular weight is 325 g/mol. The summed E-state index contributed by atoms with van der Waals surface area (Å²) in [6, 6.07) is 20.9. The maximum atomic E-state index is 10.2. The molecule has 0 bridgehead atoms. The number of phenols is 1. The number of benzene rings is 1. The largest absolute Gasteiger partial charge is 0.507 e. The van der Waals surface area contributed by atoms with Crippen LogP contribution in [0.3, 0.4) is 0 Å². The monoisotopic (exact) mass is 325 g/mol. The van der Waals surface area contributed by atoms with Crippen molar-refractivity contribution in [2.45, 2.75) is 0 Å². The van der Waals surface area contributed by atoms with Gasteiger partial charge in [0.05, 0.1) is 17.1 Å². The van der Waals surface area contributed by atoms with Gasteiger partial charge in [-0.05, 0) is 59.7 Å². The Kier molecular flexibility index (Phi) is 3.92. The van der Waals surface area contributed by atoms with E-state index >= 15 is 0 Å². The van der Waals surface area contributed by atoms with Crippen molar-refractivity contribution < 1.29 is 5.11 Å². The third kappa shape index (κ3) is 3.10. The Labute approximate surface area is 145 Å². The van der Waals surface area contributed by atoms with Crippen molar-refractivity contribution in [2.75, 3.05) is 0 Å². The van der Waals surface area contributed by atoms with Crippen LogP contribution in [0.25, 0.3) is 33.8 Å². The molecule has 3 aromatic heterocycles. The van der Waals surface area contributed by atoms with Crippen molar-refractivity contribution in [3.8, 4) is 39.5 Å². The number of aromatic hydroxyl groups is 1. The fourth-order valence-electron chi connectivity index (χ4n) is 2.71. The van der Waals surface area contributed by atoms with Crippen molar-refractivity contribution in [1.29, 1.82) is 0 Å². The van der Waals surface area contributed by atoms with E-state index in [1.807, 2.05) is 60.7 Å². The highest BCUT2D eigenvalue weighted by Gasteiger charge is 2.09. The standard InChI is InChI=1S/C21H15N3O/c25-21-8-7-15(13-17(21)18-5-1-3-10-22-18)16-9-12-24-20(14-16)19-6-2-4-11-23-19/h1-14,25H. The van der Waals surface area contributed by atoms with Crippen LogP contribution >= 0.6 is 0 Å². The first-order valence-electron chi connectivity index (χ1n) is 7.93. The predicted molar refractivity (Wildman–Crippen MR) is 97.8 cm³/mol. The summed E-state index contributed by atoms with van der Waals surface area (Å²) in [5.74, 6) is 0.210. The molecule has 0 fully saturated rings. The fourth-order valence-corrected chi connectivity index (χ4v) is 2.71. The second-order valence-electron chi connectivity index (χ2n) is 5.59. The van der Waals surface area contributed by atoms with Crippen LogP contribution < -0.4 is 0 Å². The number of phenolic OH excluding ortho intramolecular Hbond substituents is 1. The lowest BCUT2D eigenvalue weighted by atomic mass is 10.0. The second-order valence-corrected chi connectivity index (χ2v) is 5.59. The van der Waals surface area contributed by atoms with E-state index in [-0.39, 0.29) is 5.75 Å². The van der Waals surface area contributed by atoms with Gasteiger partial charge in [-0.3, -0.25) is 15.0 Å². The van der Waals surface area contributed by atoms with Gasteiger partial charge in [0.2, 0.25) is 0 Å². The van der Waals surface area contributed by atoms with Crippen LogP contribution in [0, 0.1) is 0 Å². The minimum atomic E-state index is 0.210. The molecule has 0 radical (unpaired) electrons.